The summed E-state index contributed by atoms with van der Waals surface area (Å²) >= 11 is 0. The molecule has 4 aromatic carbocycles. The van der Waals surface area contributed by atoms with Crippen molar-refractivity contribution in [1.29, 1.82) is 0 Å². The van der Waals surface area contributed by atoms with Gasteiger partial charge in [-0.05, 0) is 88.2 Å². The molecule has 24 heteroatoms. The van der Waals surface area contributed by atoms with E-state index in [1.807, 2.05) is 0 Å². The van der Waals surface area contributed by atoms with Crippen molar-refractivity contribution in [3.63, 3.8) is 0 Å². The topological polar surface area (TPSA) is 369 Å². The van der Waals surface area contributed by atoms with Crippen LogP contribution in [0.1, 0.15) is 31.2 Å². The molecule has 10 atom stereocenters. The summed E-state index contributed by atoms with van der Waals surface area (Å²) in [6.07, 6.45) is -15.1. The number of nitrogens with two attached hydrogens (primary N) is 1. The van der Waals surface area contributed by atoms with Gasteiger partial charge in [0.15, 0.2) is 0 Å². The van der Waals surface area contributed by atoms with Gasteiger partial charge in [-0.2, -0.15) is 0 Å². The van der Waals surface area contributed by atoms with Crippen molar-refractivity contribution >= 4 is 40.4 Å². The molecule has 22 nitrogen and oxygen atoms in total. The van der Waals surface area contributed by atoms with E-state index in [2.05, 4.69) is 21.7 Å². The zero-order valence-electron chi connectivity index (χ0n) is 34.9. The maximum absolute atomic E-state index is 11.6. The number of carbonyl (C=O) groups excluding carboxylic acids is 2. The summed E-state index contributed by atoms with van der Waals surface area (Å²) in [6.45, 7) is 1.54. The molecule has 0 aliphatic carbocycles. The molecule has 6 rings (SSSR count). The molecule has 0 saturated carbocycles. The smallest absolute Gasteiger partial charge is 0.550 e. The van der Waals surface area contributed by atoms with E-state index in [-0.39, 0.29) is 101 Å². The van der Waals surface area contributed by atoms with Crippen LogP contribution in [0.5, 0.6) is 11.5 Å². The molecule has 0 radical (unpaired) electrons. The van der Waals surface area contributed by atoms with Gasteiger partial charge in [0, 0.05) is 35.9 Å². The van der Waals surface area contributed by atoms with Crippen LogP contribution in [-0.4, -0.2) is 118 Å². The van der Waals surface area contributed by atoms with Gasteiger partial charge in [-0.15, -0.1) is 0 Å². The van der Waals surface area contributed by atoms with E-state index in [0.29, 0.717) is 16.9 Å². The Kier molecular flexibility index (Phi) is 22.0. The Labute approximate surface area is 402 Å². The Bertz CT molecular complexity index is 2250. The maximum Gasteiger partial charge on any atom is 1.00 e. The van der Waals surface area contributed by atoms with E-state index in [1.54, 1.807) is 31.2 Å². The second kappa shape index (κ2) is 25.0. The molecule has 2 aliphatic heterocycles. The predicted octanol–water partition coefficient (Wildman–Crippen LogP) is -10.6. The summed E-state index contributed by atoms with van der Waals surface area (Å²) in [5.41, 5.74) is 4.10. The van der Waals surface area contributed by atoms with Gasteiger partial charge >= 0.3 is 59.1 Å². The average Bonchev–Trinajstić information content (AvgIpc) is 3.26. The summed E-state index contributed by atoms with van der Waals surface area (Å²) < 4.78 is 21.9. The van der Waals surface area contributed by atoms with Gasteiger partial charge in [-0.3, -0.25) is 19.2 Å². The number of carbonyl (C=O) groups is 2. The first-order valence-electron chi connectivity index (χ1n) is 18.7. The monoisotopic (exact) mass is 904 g/mol. The number of carboxylic acid groups (broad SMARTS) is 2. The second-order valence-corrected chi connectivity index (χ2v) is 13.7. The van der Waals surface area contributed by atoms with Crippen molar-refractivity contribution in [2.75, 3.05) is 30.0 Å². The number of benzene rings is 2. The molecule has 332 valence electrons. The standard InChI is InChI=1S/C19H22N2O9.C19H21NO9.CH5N.2Na/c1-20-12-13(16(26)15(12)25)21-8-2-4-9(5-3-8)29-19-18(28)17(27)14(24)10(30-19)6-7-11(22)23;1-8-13(16(25)14(8)23)20-9-2-4-10(5-3-9)28-19-18(27)17(26)15(24)11(29-19)6-7-12(21)22;1-2;;/h2-5,10,14,17-21,24,27-28H,6-7H2,1H3,(H,22,23);2-5,11,15,17-20,24,26-27H,6-7H2,1H3,(H,21,22);2H2,1H3;;/q;;;2*+1/p-2/t10?,14?,17-,18+,19?;11?,15?,17-,18+,19?;;;/m00.../s1. The number of aliphatic carboxylic acids is 2. The zero-order valence-corrected chi connectivity index (χ0v) is 38.9. The van der Waals surface area contributed by atoms with Gasteiger partial charge in [-0.1, -0.05) is 0 Å². The van der Waals surface area contributed by atoms with Crippen LogP contribution in [0.4, 0.5) is 28.4 Å². The Balaban J connectivity index is 0.000000405. The van der Waals surface area contributed by atoms with Gasteiger partial charge < -0.3 is 91.1 Å². The number of ether oxygens (including phenoxy) is 4. The first kappa shape index (κ1) is 55.3. The van der Waals surface area contributed by atoms with Gasteiger partial charge in [0.2, 0.25) is 23.4 Å². The van der Waals surface area contributed by atoms with E-state index in [0.717, 1.165) is 0 Å². The molecule has 0 bridgehead atoms. The van der Waals surface area contributed by atoms with Crippen LogP contribution in [0.3, 0.4) is 0 Å². The SMILES string of the molecule is CN.CNc1c(Nc2ccc(OC3OC(CCC(=O)[O-])C(O)[C@H](O)[C@H]3O)cc2)c(=O)c1=O.Cc1c(Nc2ccc(OC3OC(CCC(=O)[O-])C(O)[C@H](O)[C@H]3O)cc2)c(=O)c1=O.[Na+].[Na+]. The first-order chi connectivity index (χ1) is 28.9. The summed E-state index contributed by atoms with van der Waals surface area (Å²) in [4.78, 5) is 67.0. The van der Waals surface area contributed by atoms with Crippen molar-refractivity contribution in [1.82, 2.24) is 0 Å². The van der Waals surface area contributed by atoms with Gasteiger partial charge in [0.05, 0.1) is 17.9 Å². The van der Waals surface area contributed by atoms with Crippen LogP contribution in [-0.2, 0) is 19.1 Å². The van der Waals surface area contributed by atoms with Gasteiger partial charge in [0.25, 0.3) is 10.9 Å². The molecule has 2 heterocycles. The molecule has 2 saturated heterocycles. The van der Waals surface area contributed by atoms with Crippen LogP contribution >= 0.6 is 0 Å². The third-order valence-corrected chi connectivity index (χ3v) is 9.66. The quantitative estimate of drug-likeness (QED) is 0.0391. The van der Waals surface area contributed by atoms with Crippen molar-refractivity contribution in [3.05, 3.63) is 95.0 Å². The first-order valence-corrected chi connectivity index (χ1v) is 18.7. The van der Waals surface area contributed by atoms with Crippen LogP contribution < -0.4 is 122 Å². The van der Waals surface area contributed by atoms with Crippen LogP contribution in [0.2, 0.25) is 0 Å². The fourth-order valence-corrected chi connectivity index (χ4v) is 6.22. The number of nitrogens with one attached hydrogen (secondary N) is 3. The molecule has 4 aromatic rings. The van der Waals surface area contributed by atoms with Crippen LogP contribution in [0.15, 0.2) is 67.7 Å². The number of hydrogen-bond donors (Lipinski definition) is 10. The summed E-state index contributed by atoms with van der Waals surface area (Å²) in [6, 6.07) is 12.3. The van der Waals surface area contributed by atoms with Crippen molar-refractivity contribution < 1.29 is 129 Å². The summed E-state index contributed by atoms with van der Waals surface area (Å²) in [5, 5.41) is 89.6. The van der Waals surface area contributed by atoms with Crippen LogP contribution in [0, 0.1) is 6.92 Å². The molecule has 11 N–H and O–H groups in total. The molecular formula is C39H46N4Na2O18. The fraction of sp³-hybridized carbons (Fsp3) is 0.436. The van der Waals surface area contributed by atoms with Crippen LogP contribution in [0.25, 0.3) is 0 Å². The maximum atomic E-state index is 11.6. The molecule has 2 aliphatic rings. The Hall–Kier alpha value is -3.82. The van der Waals surface area contributed by atoms with E-state index in [1.165, 1.54) is 38.4 Å². The molecule has 0 aromatic heterocycles. The molecular weight excluding hydrogens is 858 g/mol. The number of carboxylic acids is 2. The predicted molar refractivity (Wildman–Crippen MR) is 210 cm³/mol. The number of hydrogen-bond acceptors (Lipinski definition) is 22. The normalized spacial score (nSPS) is 25.0. The molecule has 2 fully saturated rings. The van der Waals surface area contributed by atoms with E-state index < -0.39 is 108 Å². The molecule has 63 heavy (non-hydrogen) atoms. The Morgan fingerprint density at radius 2 is 0.937 bits per heavy atom. The van der Waals surface area contributed by atoms with E-state index in [9.17, 15) is 69.6 Å². The van der Waals surface area contributed by atoms with E-state index in [4.69, 9.17) is 18.9 Å². The van der Waals surface area contributed by atoms with Gasteiger partial charge in [0.1, 0.15) is 59.5 Å². The largest absolute Gasteiger partial charge is 1.00 e. The minimum atomic E-state index is -1.59. The number of aliphatic hydroxyl groups excluding tert-OH is 6. The summed E-state index contributed by atoms with van der Waals surface area (Å²) in [7, 11) is 3.03. The zero-order chi connectivity index (χ0) is 45.3. The van der Waals surface area contributed by atoms with E-state index >= 15 is 0 Å². The minimum Gasteiger partial charge on any atom is -0.550 e. The number of rotatable bonds is 15. The molecule has 0 amide bonds. The van der Waals surface area contributed by atoms with Crippen molar-refractivity contribution in [2.24, 2.45) is 5.73 Å². The Morgan fingerprint density at radius 3 is 1.29 bits per heavy atom. The molecule has 0 spiro atoms. The third kappa shape index (κ3) is 13.6. The second-order valence-electron chi connectivity index (χ2n) is 13.7. The van der Waals surface area contributed by atoms with Gasteiger partial charge in [-0.25, -0.2) is 0 Å². The van der Waals surface area contributed by atoms with Crippen molar-refractivity contribution in [2.45, 2.75) is 94.0 Å². The number of aliphatic hydroxyl groups is 6. The Morgan fingerprint density at radius 1 is 0.587 bits per heavy atom. The molecule has 6 unspecified atom stereocenters. The third-order valence-electron chi connectivity index (χ3n) is 9.66. The average molecular weight is 905 g/mol. The minimum absolute atomic E-state index is 0. The van der Waals surface area contributed by atoms with Crippen molar-refractivity contribution in [3.8, 4) is 11.5 Å². The fourth-order valence-electron chi connectivity index (χ4n) is 6.22. The number of anilines is 5. The summed E-state index contributed by atoms with van der Waals surface area (Å²) in [5.74, 6) is -2.18.